The summed E-state index contributed by atoms with van der Waals surface area (Å²) in [5.74, 6) is 0.879. The van der Waals surface area contributed by atoms with Crippen LogP contribution in [0.1, 0.15) is 29.8 Å². The first-order chi connectivity index (χ1) is 23.9. The fraction of sp³-hybridized carbons (Fsp3) is 0.286. The number of rotatable bonds is 14. The van der Waals surface area contributed by atoms with Crippen molar-refractivity contribution < 1.29 is 14.3 Å². The maximum Gasteiger partial charge on any atom is 0.237 e. The molecule has 4 heterocycles. The molecule has 1 fully saturated rings. The van der Waals surface area contributed by atoms with Crippen molar-refractivity contribution in [3.63, 3.8) is 0 Å². The number of amides is 1. The summed E-state index contributed by atoms with van der Waals surface area (Å²) in [5.41, 5.74) is 6.31. The van der Waals surface area contributed by atoms with Crippen LogP contribution in [0.15, 0.2) is 67.5 Å². The highest BCUT2D eigenvalue weighted by molar-refractivity contribution is 6.39. The maximum atomic E-state index is 11.5. The molecule has 0 saturated carbocycles. The van der Waals surface area contributed by atoms with Crippen LogP contribution in [-0.4, -0.2) is 69.2 Å². The van der Waals surface area contributed by atoms with Crippen LogP contribution in [0.5, 0.6) is 11.8 Å². The number of carbonyl (C=O) groups excluding carboxylic acids is 1. The molecule has 3 aromatic heterocycles. The zero-order chi connectivity index (χ0) is 34.2. The number of nitrogens with zero attached hydrogens (tertiary/aromatic N) is 6. The lowest BCUT2D eigenvalue weighted by atomic mass is 9.98. The number of carbonyl (C=O) groups is 1. The van der Waals surface area contributed by atoms with Gasteiger partial charge in [-0.3, -0.25) is 14.8 Å². The lowest BCUT2D eigenvalue weighted by Gasteiger charge is -2.15. The van der Waals surface area contributed by atoms with Crippen LogP contribution in [-0.2, 0) is 24.3 Å². The van der Waals surface area contributed by atoms with Crippen molar-refractivity contribution >= 4 is 29.1 Å². The zero-order valence-electron chi connectivity index (χ0n) is 27.0. The van der Waals surface area contributed by atoms with E-state index in [4.69, 9.17) is 42.6 Å². The summed E-state index contributed by atoms with van der Waals surface area (Å²) in [6, 6.07) is 11.5. The Bertz CT molecular complexity index is 1930. The summed E-state index contributed by atoms with van der Waals surface area (Å²) < 4.78 is 11.2. The van der Waals surface area contributed by atoms with Crippen molar-refractivity contribution in [2.45, 2.75) is 38.4 Å². The third kappa shape index (κ3) is 8.11. The van der Waals surface area contributed by atoms with Crippen molar-refractivity contribution in [3.05, 3.63) is 94.5 Å². The van der Waals surface area contributed by atoms with E-state index in [-0.39, 0.29) is 11.9 Å². The minimum atomic E-state index is 0.0826. The molecule has 1 amide bonds. The Morgan fingerprint density at radius 3 is 1.88 bits per heavy atom. The second kappa shape index (κ2) is 16.1. The number of ether oxygens (including phenoxy) is 2. The van der Waals surface area contributed by atoms with Gasteiger partial charge in [0.25, 0.3) is 0 Å². The standard InChI is InChI=1S/C35H35Cl2N9O3/c1-48-34-29(16-38-12-11-21-13-40-20-41-14-21)42-18-27(45-34)25-7-3-5-23(32(25)36)24-6-4-8-26(33(24)37)28-19-43-30(35(46-28)49-2)17-39-15-22-9-10-31(47)44-22/h3-8,13-14,18-20,22,38-39H,9-12,15-17H2,1-2H3,(H,44,47)/t22-/m0/s1. The summed E-state index contributed by atoms with van der Waals surface area (Å²) >= 11 is 14.1. The Kier molecular flexibility index (Phi) is 11.2. The minimum absolute atomic E-state index is 0.0826. The van der Waals surface area contributed by atoms with Gasteiger partial charge in [-0.25, -0.2) is 19.9 Å². The third-order valence-corrected chi connectivity index (χ3v) is 8.93. The molecular formula is C35H35Cl2N9O3. The van der Waals surface area contributed by atoms with E-state index in [1.165, 1.54) is 6.33 Å². The van der Waals surface area contributed by atoms with Gasteiger partial charge in [-0.15, -0.1) is 0 Å². The van der Waals surface area contributed by atoms with E-state index in [9.17, 15) is 4.79 Å². The molecule has 2 aromatic carbocycles. The Balaban J connectivity index is 1.19. The normalized spacial score (nSPS) is 14.1. The monoisotopic (exact) mass is 699 g/mol. The molecule has 0 radical (unpaired) electrons. The lowest BCUT2D eigenvalue weighted by molar-refractivity contribution is -0.119. The van der Waals surface area contributed by atoms with E-state index in [1.54, 1.807) is 39.0 Å². The summed E-state index contributed by atoms with van der Waals surface area (Å²) in [5, 5.41) is 10.6. The van der Waals surface area contributed by atoms with Crippen molar-refractivity contribution in [3.8, 4) is 45.4 Å². The molecule has 252 valence electrons. The van der Waals surface area contributed by atoms with Crippen LogP contribution < -0.4 is 25.4 Å². The van der Waals surface area contributed by atoms with E-state index in [0.29, 0.717) is 81.8 Å². The smallest absolute Gasteiger partial charge is 0.237 e. The van der Waals surface area contributed by atoms with Crippen molar-refractivity contribution in [1.82, 2.24) is 45.9 Å². The van der Waals surface area contributed by atoms with Crippen molar-refractivity contribution in [2.75, 3.05) is 27.3 Å². The average Bonchev–Trinajstić information content (AvgIpc) is 3.55. The Hall–Kier alpha value is -4.75. The summed E-state index contributed by atoms with van der Waals surface area (Å²) in [6.45, 7) is 2.27. The van der Waals surface area contributed by atoms with Gasteiger partial charge < -0.3 is 25.4 Å². The predicted octanol–water partition coefficient (Wildman–Crippen LogP) is 5.08. The highest BCUT2D eigenvalue weighted by Crippen LogP contribution is 2.42. The number of nitrogens with one attached hydrogen (secondary N) is 3. The highest BCUT2D eigenvalue weighted by atomic mass is 35.5. The molecule has 1 atom stereocenters. The molecule has 3 N–H and O–H groups in total. The van der Waals surface area contributed by atoms with Crippen LogP contribution in [0.2, 0.25) is 10.0 Å². The molecule has 14 heteroatoms. The van der Waals surface area contributed by atoms with Crippen molar-refractivity contribution in [1.29, 1.82) is 0 Å². The molecule has 5 aromatic rings. The molecule has 1 aliphatic heterocycles. The van der Waals surface area contributed by atoms with Crippen LogP contribution in [0.3, 0.4) is 0 Å². The second-order valence-electron chi connectivity index (χ2n) is 11.4. The molecule has 49 heavy (non-hydrogen) atoms. The number of hydrogen-bond donors (Lipinski definition) is 3. The Morgan fingerprint density at radius 1 is 0.796 bits per heavy atom. The Labute approximate surface area is 294 Å². The molecule has 1 aliphatic rings. The maximum absolute atomic E-state index is 11.5. The van der Waals surface area contributed by atoms with E-state index < -0.39 is 0 Å². The van der Waals surface area contributed by atoms with Gasteiger partial charge in [0.15, 0.2) is 0 Å². The molecule has 1 saturated heterocycles. The number of aromatic nitrogens is 6. The van der Waals surface area contributed by atoms with E-state index in [0.717, 1.165) is 36.1 Å². The van der Waals surface area contributed by atoms with Crippen LogP contribution in [0.25, 0.3) is 33.6 Å². The number of halogens is 2. The summed E-state index contributed by atoms with van der Waals surface area (Å²) in [4.78, 5) is 38.3. The second-order valence-corrected chi connectivity index (χ2v) is 12.1. The van der Waals surface area contributed by atoms with E-state index in [1.807, 2.05) is 36.4 Å². The van der Waals surface area contributed by atoms with Gasteiger partial charge in [0.05, 0.1) is 48.0 Å². The molecular weight excluding hydrogens is 665 g/mol. The van der Waals surface area contributed by atoms with Gasteiger partial charge in [-0.05, 0) is 24.9 Å². The third-order valence-electron chi connectivity index (χ3n) is 8.11. The first-order valence-corrected chi connectivity index (χ1v) is 16.5. The minimum Gasteiger partial charge on any atom is -0.480 e. The van der Waals surface area contributed by atoms with Gasteiger partial charge in [0.1, 0.15) is 17.7 Å². The quantitative estimate of drug-likeness (QED) is 0.133. The molecule has 6 rings (SSSR count). The molecule has 0 unspecified atom stereocenters. The predicted molar refractivity (Wildman–Crippen MR) is 187 cm³/mol. The Morgan fingerprint density at radius 2 is 1.35 bits per heavy atom. The van der Waals surface area contributed by atoms with E-state index in [2.05, 4.69) is 35.9 Å². The van der Waals surface area contributed by atoms with Crippen molar-refractivity contribution in [2.24, 2.45) is 0 Å². The zero-order valence-corrected chi connectivity index (χ0v) is 28.6. The number of benzene rings is 2. The number of methoxy groups -OCH3 is 2. The van der Waals surface area contributed by atoms with Gasteiger partial charge in [-0.1, -0.05) is 59.6 Å². The summed E-state index contributed by atoms with van der Waals surface area (Å²) in [6.07, 6.45) is 10.6. The van der Waals surface area contributed by atoms with Gasteiger partial charge in [0.2, 0.25) is 17.7 Å². The molecule has 0 spiro atoms. The fourth-order valence-corrected chi connectivity index (χ4v) is 6.24. The largest absolute Gasteiger partial charge is 0.480 e. The molecule has 0 aliphatic carbocycles. The average molecular weight is 701 g/mol. The number of hydrogen-bond acceptors (Lipinski definition) is 11. The lowest BCUT2D eigenvalue weighted by Crippen LogP contribution is -2.35. The van der Waals surface area contributed by atoms with Crippen LogP contribution >= 0.6 is 23.2 Å². The fourth-order valence-electron chi connectivity index (χ4n) is 5.59. The van der Waals surface area contributed by atoms with Crippen LogP contribution in [0, 0.1) is 0 Å². The van der Waals surface area contributed by atoms with Crippen LogP contribution in [0.4, 0.5) is 0 Å². The summed E-state index contributed by atoms with van der Waals surface area (Å²) in [7, 11) is 3.13. The molecule has 0 bridgehead atoms. The molecule has 12 nitrogen and oxygen atoms in total. The van der Waals surface area contributed by atoms with E-state index >= 15 is 0 Å². The SMILES string of the molecule is COc1nc(-c2cccc(-c3cccc(-c4cnc(CNC[C@@H]5CCC(=O)N5)c(OC)n4)c3Cl)c2Cl)cnc1CNCCc1cncnc1. The topological polar surface area (TPSA) is 149 Å². The first kappa shape index (κ1) is 34.1. The van der Waals surface area contributed by atoms with Gasteiger partial charge in [0, 0.05) is 66.7 Å². The van der Waals surface area contributed by atoms with Gasteiger partial charge >= 0.3 is 0 Å². The highest BCUT2D eigenvalue weighted by Gasteiger charge is 2.21. The van der Waals surface area contributed by atoms with Gasteiger partial charge in [-0.2, -0.15) is 0 Å². The first-order valence-electron chi connectivity index (χ1n) is 15.8.